The van der Waals surface area contributed by atoms with Gasteiger partial charge in [0.1, 0.15) is 10.6 Å². The van der Waals surface area contributed by atoms with E-state index in [4.69, 9.17) is 4.74 Å². The number of nitrogens with one attached hydrogen (secondary N) is 2. The van der Waals surface area contributed by atoms with Crippen molar-refractivity contribution in [2.24, 2.45) is 5.92 Å². The molecule has 0 aliphatic heterocycles. The molecule has 2 N–H and O–H groups in total. The van der Waals surface area contributed by atoms with Crippen LogP contribution >= 0.6 is 0 Å². The first-order valence-corrected chi connectivity index (χ1v) is 8.14. The standard InChI is InChI=1S/C14H24N2O3S/c1-10(2)11(3)16-20(17,18)14-7-6-12(9-15-4)8-13(14)19-5/h6-8,10-11,15-16H,9H2,1-5H3. The zero-order valence-electron chi connectivity index (χ0n) is 12.7. The molecule has 0 fully saturated rings. The normalized spacial score (nSPS) is 13.5. The van der Waals surface area contributed by atoms with Crippen LogP contribution in [-0.4, -0.2) is 28.6 Å². The Morgan fingerprint density at radius 2 is 1.90 bits per heavy atom. The van der Waals surface area contributed by atoms with Gasteiger partial charge in [0.15, 0.2) is 0 Å². The first-order chi connectivity index (χ1) is 9.31. The summed E-state index contributed by atoms with van der Waals surface area (Å²) in [6.45, 7) is 6.46. The van der Waals surface area contributed by atoms with E-state index in [-0.39, 0.29) is 16.9 Å². The minimum absolute atomic E-state index is 0.137. The van der Waals surface area contributed by atoms with Gasteiger partial charge < -0.3 is 10.1 Å². The first-order valence-electron chi connectivity index (χ1n) is 6.65. The van der Waals surface area contributed by atoms with Crippen molar-refractivity contribution in [3.8, 4) is 5.75 Å². The SMILES string of the molecule is CNCc1ccc(S(=O)(=O)NC(C)C(C)C)c(OC)c1. The minimum atomic E-state index is -3.57. The van der Waals surface area contributed by atoms with Crippen molar-refractivity contribution in [2.45, 2.75) is 38.3 Å². The summed E-state index contributed by atoms with van der Waals surface area (Å²) >= 11 is 0. The molecule has 0 saturated carbocycles. The average molecular weight is 300 g/mol. The van der Waals surface area contributed by atoms with E-state index in [2.05, 4.69) is 10.0 Å². The number of ether oxygens (including phenoxy) is 1. The molecule has 0 bridgehead atoms. The molecule has 0 aromatic heterocycles. The highest BCUT2D eigenvalue weighted by Gasteiger charge is 2.23. The van der Waals surface area contributed by atoms with Crippen molar-refractivity contribution in [3.05, 3.63) is 23.8 Å². The summed E-state index contributed by atoms with van der Waals surface area (Å²) in [7, 11) is -0.263. The van der Waals surface area contributed by atoms with Crippen LogP contribution in [0.25, 0.3) is 0 Å². The largest absolute Gasteiger partial charge is 0.495 e. The van der Waals surface area contributed by atoms with Crippen molar-refractivity contribution < 1.29 is 13.2 Å². The van der Waals surface area contributed by atoms with Gasteiger partial charge in [-0.3, -0.25) is 0 Å². The van der Waals surface area contributed by atoms with E-state index in [9.17, 15) is 8.42 Å². The molecule has 0 saturated heterocycles. The van der Waals surface area contributed by atoms with E-state index < -0.39 is 10.0 Å². The molecular formula is C14H24N2O3S. The summed E-state index contributed by atoms with van der Waals surface area (Å²) in [6, 6.07) is 4.97. The van der Waals surface area contributed by atoms with Gasteiger partial charge in [-0.15, -0.1) is 0 Å². The number of benzene rings is 1. The van der Waals surface area contributed by atoms with Crippen molar-refractivity contribution in [1.82, 2.24) is 10.0 Å². The summed E-state index contributed by atoms with van der Waals surface area (Å²) in [4.78, 5) is 0.173. The van der Waals surface area contributed by atoms with E-state index >= 15 is 0 Å². The number of hydrogen-bond donors (Lipinski definition) is 2. The first kappa shape index (κ1) is 16.9. The zero-order chi connectivity index (χ0) is 15.3. The lowest BCUT2D eigenvalue weighted by Crippen LogP contribution is -2.36. The van der Waals surface area contributed by atoms with E-state index in [1.54, 1.807) is 18.2 Å². The number of methoxy groups -OCH3 is 1. The molecule has 20 heavy (non-hydrogen) atoms. The van der Waals surface area contributed by atoms with E-state index in [1.165, 1.54) is 7.11 Å². The summed E-state index contributed by atoms with van der Waals surface area (Å²) in [6.07, 6.45) is 0. The van der Waals surface area contributed by atoms with Gasteiger partial charge >= 0.3 is 0 Å². The maximum absolute atomic E-state index is 12.4. The zero-order valence-corrected chi connectivity index (χ0v) is 13.5. The smallest absolute Gasteiger partial charge is 0.244 e. The Balaban J connectivity index is 3.11. The van der Waals surface area contributed by atoms with Gasteiger partial charge in [0.25, 0.3) is 0 Å². The predicted molar refractivity (Wildman–Crippen MR) is 80.4 cm³/mol. The molecule has 0 spiro atoms. The molecule has 1 aromatic rings. The maximum atomic E-state index is 12.4. The maximum Gasteiger partial charge on any atom is 0.244 e. The molecule has 0 amide bonds. The fourth-order valence-corrected chi connectivity index (χ4v) is 3.24. The molecule has 1 aromatic carbocycles. The Morgan fingerprint density at radius 1 is 1.25 bits per heavy atom. The van der Waals surface area contributed by atoms with Gasteiger partial charge in [-0.05, 0) is 37.6 Å². The van der Waals surface area contributed by atoms with Crippen LogP contribution in [0.4, 0.5) is 0 Å². The molecule has 1 unspecified atom stereocenters. The molecule has 6 heteroatoms. The van der Waals surface area contributed by atoms with Gasteiger partial charge in [0, 0.05) is 12.6 Å². The predicted octanol–water partition coefficient (Wildman–Crippen LogP) is 1.74. The summed E-state index contributed by atoms with van der Waals surface area (Å²) in [5.74, 6) is 0.584. The second kappa shape index (κ2) is 7.06. The van der Waals surface area contributed by atoms with Crippen molar-refractivity contribution in [2.75, 3.05) is 14.2 Å². The minimum Gasteiger partial charge on any atom is -0.495 e. The van der Waals surface area contributed by atoms with Crippen LogP contribution < -0.4 is 14.8 Å². The number of hydrogen-bond acceptors (Lipinski definition) is 4. The van der Waals surface area contributed by atoms with Crippen LogP contribution in [0.15, 0.2) is 23.1 Å². The fraction of sp³-hybridized carbons (Fsp3) is 0.571. The van der Waals surface area contributed by atoms with E-state index in [1.807, 2.05) is 27.8 Å². The lowest BCUT2D eigenvalue weighted by Gasteiger charge is -2.19. The average Bonchev–Trinajstić information content (AvgIpc) is 2.38. The summed E-state index contributed by atoms with van der Waals surface area (Å²) in [5.41, 5.74) is 0.972. The third kappa shape index (κ3) is 4.19. The molecule has 0 radical (unpaired) electrons. The molecular weight excluding hydrogens is 276 g/mol. The lowest BCUT2D eigenvalue weighted by atomic mass is 10.1. The topological polar surface area (TPSA) is 67.4 Å². The Kier molecular flexibility index (Phi) is 5.98. The van der Waals surface area contributed by atoms with Gasteiger partial charge in [-0.25, -0.2) is 13.1 Å². The number of sulfonamides is 1. The van der Waals surface area contributed by atoms with Crippen LogP contribution in [0, 0.1) is 5.92 Å². The Labute approximate surface area is 121 Å². The molecule has 0 aliphatic carbocycles. The molecule has 1 rings (SSSR count). The molecule has 5 nitrogen and oxygen atoms in total. The van der Waals surface area contributed by atoms with Gasteiger partial charge in [-0.1, -0.05) is 19.9 Å². The van der Waals surface area contributed by atoms with Crippen molar-refractivity contribution in [1.29, 1.82) is 0 Å². The van der Waals surface area contributed by atoms with Crippen LogP contribution in [-0.2, 0) is 16.6 Å². The molecule has 0 aliphatic rings. The number of rotatable bonds is 7. The summed E-state index contributed by atoms with van der Waals surface area (Å²) < 4.78 is 32.7. The Hall–Kier alpha value is -1.11. The Morgan fingerprint density at radius 3 is 2.40 bits per heavy atom. The van der Waals surface area contributed by atoms with E-state index in [0.29, 0.717) is 12.3 Å². The Bertz CT molecular complexity index is 541. The monoisotopic (exact) mass is 300 g/mol. The second-order valence-electron chi connectivity index (χ2n) is 5.17. The highest BCUT2D eigenvalue weighted by molar-refractivity contribution is 7.89. The molecule has 1 atom stereocenters. The fourth-order valence-electron chi connectivity index (χ4n) is 1.69. The van der Waals surface area contributed by atoms with Crippen molar-refractivity contribution >= 4 is 10.0 Å². The third-order valence-electron chi connectivity index (χ3n) is 3.24. The van der Waals surface area contributed by atoms with Gasteiger partial charge in [0.2, 0.25) is 10.0 Å². The lowest BCUT2D eigenvalue weighted by molar-refractivity contribution is 0.400. The quantitative estimate of drug-likeness (QED) is 0.805. The molecule has 114 valence electrons. The third-order valence-corrected chi connectivity index (χ3v) is 4.84. The van der Waals surface area contributed by atoms with Gasteiger partial charge in [0.05, 0.1) is 7.11 Å². The second-order valence-corrected chi connectivity index (χ2v) is 6.85. The van der Waals surface area contributed by atoms with Gasteiger partial charge in [-0.2, -0.15) is 0 Å². The highest BCUT2D eigenvalue weighted by Crippen LogP contribution is 2.25. The van der Waals surface area contributed by atoms with Crippen molar-refractivity contribution in [3.63, 3.8) is 0 Å². The van der Waals surface area contributed by atoms with Crippen LogP contribution in [0.5, 0.6) is 5.75 Å². The van der Waals surface area contributed by atoms with Crippen LogP contribution in [0.1, 0.15) is 26.3 Å². The van der Waals surface area contributed by atoms with E-state index in [0.717, 1.165) is 5.56 Å². The van der Waals surface area contributed by atoms with Crippen LogP contribution in [0.3, 0.4) is 0 Å². The van der Waals surface area contributed by atoms with Crippen LogP contribution in [0.2, 0.25) is 0 Å². The molecule has 0 heterocycles. The highest BCUT2D eigenvalue weighted by atomic mass is 32.2. The summed E-state index contributed by atoms with van der Waals surface area (Å²) in [5, 5.41) is 3.02.